The summed E-state index contributed by atoms with van der Waals surface area (Å²) in [6.07, 6.45) is 0.589. The number of rotatable bonds is 3. The fraction of sp³-hybridized carbons (Fsp3) is 0.150. The lowest BCUT2D eigenvalue weighted by molar-refractivity contribution is 0.414. The maximum Gasteiger partial charge on any atom is 0.347 e. The van der Waals surface area contributed by atoms with Crippen molar-refractivity contribution >= 4 is 21.9 Å². The molecule has 0 fully saturated rings. The summed E-state index contributed by atoms with van der Waals surface area (Å²) in [6.45, 7) is 1.90. The van der Waals surface area contributed by atoms with E-state index in [-0.39, 0.29) is 5.63 Å². The summed E-state index contributed by atoms with van der Waals surface area (Å²) in [5, 5.41) is 1.33. The number of para-hydroxylation sites is 1. The zero-order valence-corrected chi connectivity index (χ0v) is 13.5. The van der Waals surface area contributed by atoms with Crippen molar-refractivity contribution in [1.82, 2.24) is 0 Å². The molecular formula is C20H16O4. The lowest BCUT2D eigenvalue weighted by Gasteiger charge is -2.03. The Kier molecular flexibility index (Phi) is 3.38. The van der Waals surface area contributed by atoms with Crippen molar-refractivity contribution in [3.63, 3.8) is 0 Å². The van der Waals surface area contributed by atoms with Gasteiger partial charge in [-0.15, -0.1) is 0 Å². The zero-order chi connectivity index (χ0) is 16.7. The molecular weight excluding hydrogens is 304 g/mol. The van der Waals surface area contributed by atoms with Gasteiger partial charge in [0.15, 0.2) is 5.58 Å². The maximum atomic E-state index is 12.3. The summed E-state index contributed by atoms with van der Waals surface area (Å²) in [4.78, 5) is 12.3. The van der Waals surface area contributed by atoms with Crippen molar-refractivity contribution in [3.05, 3.63) is 75.8 Å². The molecule has 0 aliphatic heterocycles. The van der Waals surface area contributed by atoms with E-state index >= 15 is 0 Å². The molecule has 0 radical (unpaired) electrons. The van der Waals surface area contributed by atoms with Gasteiger partial charge in [0.05, 0.1) is 12.5 Å². The summed E-state index contributed by atoms with van der Waals surface area (Å²) in [5.74, 6) is 1.56. The molecule has 0 unspecified atom stereocenters. The molecule has 4 rings (SSSR count). The van der Waals surface area contributed by atoms with Crippen LogP contribution in [0.2, 0.25) is 0 Å². The highest BCUT2D eigenvalue weighted by atomic mass is 16.5. The fourth-order valence-corrected chi connectivity index (χ4v) is 3.03. The second kappa shape index (κ2) is 5.57. The summed E-state index contributed by atoms with van der Waals surface area (Å²) in [5.41, 5.74) is 2.66. The van der Waals surface area contributed by atoms with Gasteiger partial charge in [0.25, 0.3) is 0 Å². The summed E-state index contributed by atoms with van der Waals surface area (Å²) >= 11 is 0. The van der Waals surface area contributed by atoms with Gasteiger partial charge in [0.2, 0.25) is 0 Å². The monoisotopic (exact) mass is 320 g/mol. The van der Waals surface area contributed by atoms with E-state index in [1.165, 1.54) is 0 Å². The number of aryl methyl sites for hydroxylation is 1. The van der Waals surface area contributed by atoms with Crippen LogP contribution in [-0.2, 0) is 6.42 Å². The summed E-state index contributed by atoms with van der Waals surface area (Å²) in [6, 6.07) is 15.2. The van der Waals surface area contributed by atoms with Crippen molar-refractivity contribution in [1.29, 1.82) is 0 Å². The molecule has 2 aromatic heterocycles. The minimum atomic E-state index is -0.359. The average Bonchev–Trinajstić information content (AvgIpc) is 2.93. The van der Waals surface area contributed by atoms with Gasteiger partial charge in [-0.1, -0.05) is 24.3 Å². The third-order valence-electron chi connectivity index (χ3n) is 4.28. The predicted octanol–water partition coefficient (Wildman–Crippen LogP) is 4.45. The topological polar surface area (TPSA) is 52.6 Å². The maximum absolute atomic E-state index is 12.3. The smallest absolute Gasteiger partial charge is 0.347 e. The van der Waals surface area contributed by atoms with Gasteiger partial charge in [0.1, 0.15) is 22.5 Å². The Bertz CT molecular complexity index is 1100. The Morgan fingerprint density at radius 1 is 1.04 bits per heavy atom. The van der Waals surface area contributed by atoms with Crippen LogP contribution in [0, 0.1) is 6.92 Å². The van der Waals surface area contributed by atoms with E-state index < -0.39 is 0 Å². The van der Waals surface area contributed by atoms with Gasteiger partial charge in [-0.2, -0.15) is 0 Å². The number of methoxy groups -OCH3 is 1. The molecule has 0 saturated heterocycles. The van der Waals surface area contributed by atoms with Gasteiger partial charge in [-0.05, 0) is 36.8 Å². The molecule has 0 N–H and O–H groups in total. The molecule has 2 heterocycles. The molecule has 4 heteroatoms. The molecule has 0 aliphatic carbocycles. The minimum absolute atomic E-state index is 0.359. The molecule has 4 aromatic rings. The molecule has 0 atom stereocenters. The fourth-order valence-electron chi connectivity index (χ4n) is 3.03. The van der Waals surface area contributed by atoms with E-state index in [0.29, 0.717) is 23.0 Å². The van der Waals surface area contributed by atoms with Gasteiger partial charge < -0.3 is 13.6 Å². The van der Waals surface area contributed by atoms with Crippen LogP contribution in [0.3, 0.4) is 0 Å². The lowest BCUT2D eigenvalue weighted by atomic mass is 10.1. The zero-order valence-electron chi connectivity index (χ0n) is 13.5. The first-order chi connectivity index (χ1) is 11.7. The van der Waals surface area contributed by atoms with E-state index in [0.717, 1.165) is 28.0 Å². The van der Waals surface area contributed by atoms with E-state index in [4.69, 9.17) is 13.6 Å². The van der Waals surface area contributed by atoms with Crippen molar-refractivity contribution in [2.75, 3.05) is 7.11 Å². The van der Waals surface area contributed by atoms with Crippen molar-refractivity contribution < 1.29 is 13.6 Å². The van der Waals surface area contributed by atoms with Gasteiger partial charge in [0, 0.05) is 12.0 Å². The first-order valence-corrected chi connectivity index (χ1v) is 7.74. The Morgan fingerprint density at radius 2 is 1.88 bits per heavy atom. The Labute approximate surface area is 138 Å². The van der Waals surface area contributed by atoms with Crippen LogP contribution in [0.4, 0.5) is 0 Å². The average molecular weight is 320 g/mol. The highest BCUT2D eigenvalue weighted by Crippen LogP contribution is 2.30. The largest absolute Gasteiger partial charge is 0.497 e. The van der Waals surface area contributed by atoms with E-state index in [1.807, 2.05) is 49.4 Å². The molecule has 2 aromatic carbocycles. The van der Waals surface area contributed by atoms with Crippen LogP contribution < -0.4 is 10.4 Å². The summed E-state index contributed by atoms with van der Waals surface area (Å²) in [7, 11) is 1.64. The third kappa shape index (κ3) is 2.27. The normalized spacial score (nSPS) is 11.2. The SMILES string of the molecule is COc1cccc(Cc2oc3c(c2C)c(=O)oc2ccccc23)c1. The van der Waals surface area contributed by atoms with Crippen molar-refractivity contribution in [2.45, 2.75) is 13.3 Å². The van der Waals surface area contributed by atoms with Crippen molar-refractivity contribution in [3.8, 4) is 5.75 Å². The van der Waals surface area contributed by atoms with Crippen LogP contribution in [0.1, 0.15) is 16.9 Å². The highest BCUT2D eigenvalue weighted by molar-refractivity contribution is 6.02. The molecule has 0 spiro atoms. The second-order valence-electron chi connectivity index (χ2n) is 5.77. The van der Waals surface area contributed by atoms with E-state index in [1.54, 1.807) is 13.2 Å². The number of benzene rings is 2. The van der Waals surface area contributed by atoms with Gasteiger partial charge in [-0.3, -0.25) is 0 Å². The van der Waals surface area contributed by atoms with Crippen LogP contribution in [0.15, 0.2) is 62.2 Å². The highest BCUT2D eigenvalue weighted by Gasteiger charge is 2.18. The molecule has 0 amide bonds. The molecule has 24 heavy (non-hydrogen) atoms. The second-order valence-corrected chi connectivity index (χ2v) is 5.77. The minimum Gasteiger partial charge on any atom is -0.497 e. The summed E-state index contributed by atoms with van der Waals surface area (Å²) < 4.78 is 16.8. The number of fused-ring (bicyclic) bond motifs is 3. The van der Waals surface area contributed by atoms with Crippen LogP contribution >= 0.6 is 0 Å². The van der Waals surface area contributed by atoms with Crippen LogP contribution in [-0.4, -0.2) is 7.11 Å². The molecule has 120 valence electrons. The van der Waals surface area contributed by atoms with Crippen molar-refractivity contribution in [2.24, 2.45) is 0 Å². The first kappa shape index (κ1) is 14.6. The molecule has 0 aliphatic rings. The van der Waals surface area contributed by atoms with Crippen LogP contribution in [0.25, 0.3) is 21.9 Å². The van der Waals surface area contributed by atoms with Gasteiger partial charge >= 0.3 is 5.63 Å². The molecule has 0 saturated carbocycles. The van der Waals surface area contributed by atoms with E-state index in [2.05, 4.69) is 0 Å². The standard InChI is InChI=1S/C20H16O4/c1-12-17(11-13-6-5-7-14(10-13)22-2)23-19-15-8-3-4-9-16(15)24-20(21)18(12)19/h3-10H,11H2,1-2H3. The Balaban J connectivity index is 1.90. The van der Waals surface area contributed by atoms with Crippen LogP contribution in [0.5, 0.6) is 5.75 Å². The lowest BCUT2D eigenvalue weighted by Crippen LogP contribution is -1.99. The first-order valence-electron chi connectivity index (χ1n) is 7.74. The molecule has 4 nitrogen and oxygen atoms in total. The molecule has 0 bridgehead atoms. The van der Waals surface area contributed by atoms with Gasteiger partial charge in [-0.25, -0.2) is 4.79 Å². The Morgan fingerprint density at radius 3 is 2.71 bits per heavy atom. The number of furan rings is 1. The quantitative estimate of drug-likeness (QED) is 0.523. The third-order valence-corrected chi connectivity index (χ3v) is 4.28. The predicted molar refractivity (Wildman–Crippen MR) is 92.8 cm³/mol. The number of hydrogen-bond acceptors (Lipinski definition) is 4. The number of ether oxygens (including phenoxy) is 1. The van der Waals surface area contributed by atoms with E-state index in [9.17, 15) is 4.79 Å². The Hall–Kier alpha value is -3.01. The number of hydrogen-bond donors (Lipinski definition) is 0.